The van der Waals surface area contributed by atoms with E-state index in [-0.39, 0.29) is 11.3 Å². The van der Waals surface area contributed by atoms with Crippen molar-refractivity contribution in [1.82, 2.24) is 13.5 Å². The summed E-state index contributed by atoms with van der Waals surface area (Å²) in [7, 11) is -1.32. The maximum atomic E-state index is 13.0. The van der Waals surface area contributed by atoms with E-state index in [0.29, 0.717) is 26.2 Å². The van der Waals surface area contributed by atoms with Gasteiger partial charge in [-0.05, 0) is 18.0 Å². The predicted molar refractivity (Wildman–Crippen MR) is 92.5 cm³/mol. The van der Waals surface area contributed by atoms with Crippen LogP contribution in [0.3, 0.4) is 0 Å². The molecular formula is C17H27N3O2S. The van der Waals surface area contributed by atoms with Crippen molar-refractivity contribution in [3.63, 3.8) is 0 Å². The van der Waals surface area contributed by atoms with E-state index in [0.717, 1.165) is 13.1 Å². The third kappa shape index (κ3) is 3.31. The number of benzene rings is 1. The first kappa shape index (κ1) is 16.9. The highest BCUT2D eigenvalue weighted by Crippen LogP contribution is 2.43. The minimum absolute atomic E-state index is 0.0546. The van der Waals surface area contributed by atoms with E-state index in [2.05, 4.69) is 30.9 Å². The molecule has 5 nitrogen and oxygen atoms in total. The summed E-state index contributed by atoms with van der Waals surface area (Å²) in [6.07, 6.45) is 0. The van der Waals surface area contributed by atoms with Gasteiger partial charge in [0.2, 0.25) is 0 Å². The first-order valence-electron chi connectivity index (χ1n) is 8.29. The molecule has 0 radical (unpaired) electrons. The quantitative estimate of drug-likeness (QED) is 0.842. The fourth-order valence-electron chi connectivity index (χ4n) is 3.68. The van der Waals surface area contributed by atoms with Gasteiger partial charge < -0.3 is 4.90 Å². The molecule has 0 bridgehead atoms. The molecule has 0 aromatic heterocycles. The number of piperazine rings is 1. The third-order valence-corrected chi connectivity index (χ3v) is 7.18. The first-order valence-corrected chi connectivity index (χ1v) is 9.69. The summed E-state index contributed by atoms with van der Waals surface area (Å²) in [6, 6.07) is 10.3. The van der Waals surface area contributed by atoms with Gasteiger partial charge >= 0.3 is 0 Å². The smallest absolute Gasteiger partial charge is 0.282 e. The number of hydrogen-bond acceptors (Lipinski definition) is 3. The van der Waals surface area contributed by atoms with Crippen molar-refractivity contribution in [2.24, 2.45) is 5.41 Å². The normalized spacial score (nSPS) is 27.3. The van der Waals surface area contributed by atoms with Crippen molar-refractivity contribution >= 4 is 10.2 Å². The lowest BCUT2D eigenvalue weighted by molar-refractivity contribution is 0.212. The van der Waals surface area contributed by atoms with Gasteiger partial charge in [0.25, 0.3) is 10.2 Å². The average Bonchev–Trinajstić information content (AvgIpc) is 2.85. The van der Waals surface area contributed by atoms with Crippen LogP contribution in [0.15, 0.2) is 30.3 Å². The fourth-order valence-corrected chi connectivity index (χ4v) is 5.46. The number of rotatable bonds is 3. The molecule has 6 heteroatoms. The Bertz CT molecular complexity index is 637. The van der Waals surface area contributed by atoms with Crippen LogP contribution in [-0.4, -0.2) is 68.2 Å². The summed E-state index contributed by atoms with van der Waals surface area (Å²) in [5, 5.41) is 0. The maximum absolute atomic E-state index is 13.0. The summed E-state index contributed by atoms with van der Waals surface area (Å²) in [5.74, 6) is 0.242. The van der Waals surface area contributed by atoms with E-state index in [1.54, 1.807) is 8.61 Å². The highest BCUT2D eigenvalue weighted by molar-refractivity contribution is 7.86. The molecule has 1 aromatic rings. The van der Waals surface area contributed by atoms with Crippen LogP contribution in [0.4, 0.5) is 0 Å². The van der Waals surface area contributed by atoms with Crippen LogP contribution in [0.1, 0.15) is 25.3 Å². The SMILES string of the molecule is CN1CCN(S(=O)(=O)N2C[C@@H](c3ccccc3)C(C)(C)C2)CC1. The number of nitrogens with zero attached hydrogens (tertiary/aromatic N) is 3. The second-order valence-corrected chi connectivity index (χ2v) is 9.38. The minimum Gasteiger partial charge on any atom is -0.304 e. The first-order chi connectivity index (χ1) is 10.8. The maximum Gasteiger partial charge on any atom is 0.282 e. The van der Waals surface area contributed by atoms with E-state index in [1.165, 1.54) is 5.56 Å². The molecule has 0 saturated carbocycles. The Hall–Kier alpha value is -0.950. The molecule has 2 aliphatic heterocycles. The molecule has 0 spiro atoms. The molecule has 23 heavy (non-hydrogen) atoms. The molecule has 0 amide bonds. The standard InChI is InChI=1S/C17H27N3O2S/c1-17(2)14-20(13-16(17)15-7-5-4-6-8-15)23(21,22)19-11-9-18(3)10-12-19/h4-8,16H,9-14H2,1-3H3/t16-/m0/s1. The van der Waals surface area contributed by atoms with E-state index in [9.17, 15) is 8.42 Å². The summed E-state index contributed by atoms with van der Waals surface area (Å²) < 4.78 is 29.3. The van der Waals surface area contributed by atoms with Gasteiger partial charge in [0.1, 0.15) is 0 Å². The number of hydrogen-bond donors (Lipinski definition) is 0. The Labute approximate surface area is 140 Å². The van der Waals surface area contributed by atoms with E-state index in [4.69, 9.17) is 0 Å². The summed E-state index contributed by atoms with van der Waals surface area (Å²) in [6.45, 7) is 8.29. The topological polar surface area (TPSA) is 43.9 Å². The van der Waals surface area contributed by atoms with E-state index >= 15 is 0 Å². The Morgan fingerprint density at radius 1 is 1.00 bits per heavy atom. The molecule has 2 aliphatic rings. The molecule has 1 atom stereocenters. The van der Waals surface area contributed by atoms with Gasteiger partial charge in [0.05, 0.1) is 0 Å². The van der Waals surface area contributed by atoms with Crippen LogP contribution in [-0.2, 0) is 10.2 Å². The van der Waals surface area contributed by atoms with Crippen LogP contribution in [0.2, 0.25) is 0 Å². The summed E-state index contributed by atoms with van der Waals surface area (Å²) in [4.78, 5) is 2.17. The Kier molecular flexibility index (Phi) is 4.53. The molecule has 0 N–H and O–H groups in total. The number of likely N-dealkylation sites (N-methyl/N-ethyl adjacent to an activating group) is 1. The van der Waals surface area contributed by atoms with Crippen molar-refractivity contribution < 1.29 is 8.42 Å². The molecule has 1 aromatic carbocycles. The Morgan fingerprint density at radius 3 is 2.22 bits per heavy atom. The highest BCUT2D eigenvalue weighted by atomic mass is 32.2. The molecular weight excluding hydrogens is 310 g/mol. The molecule has 2 heterocycles. The van der Waals surface area contributed by atoms with Gasteiger partial charge in [-0.15, -0.1) is 0 Å². The van der Waals surface area contributed by atoms with E-state index in [1.807, 2.05) is 25.2 Å². The van der Waals surface area contributed by atoms with E-state index < -0.39 is 10.2 Å². The van der Waals surface area contributed by atoms with Gasteiger partial charge in [-0.3, -0.25) is 0 Å². The second kappa shape index (κ2) is 6.16. The summed E-state index contributed by atoms with van der Waals surface area (Å²) in [5.41, 5.74) is 1.18. The van der Waals surface area contributed by atoms with Gasteiger partial charge in [-0.1, -0.05) is 44.2 Å². The molecule has 2 saturated heterocycles. The molecule has 0 aliphatic carbocycles. The lowest BCUT2D eigenvalue weighted by atomic mass is 9.78. The largest absolute Gasteiger partial charge is 0.304 e. The predicted octanol–water partition coefficient (Wildman–Crippen LogP) is 1.60. The van der Waals surface area contributed by atoms with Crippen LogP contribution in [0, 0.1) is 5.41 Å². The van der Waals surface area contributed by atoms with Crippen LogP contribution >= 0.6 is 0 Å². The second-order valence-electron chi connectivity index (χ2n) is 7.45. The minimum atomic E-state index is -3.36. The summed E-state index contributed by atoms with van der Waals surface area (Å²) >= 11 is 0. The van der Waals surface area contributed by atoms with Gasteiger partial charge in [-0.25, -0.2) is 0 Å². The lowest BCUT2D eigenvalue weighted by Gasteiger charge is -2.34. The average molecular weight is 337 g/mol. The van der Waals surface area contributed by atoms with Crippen molar-refractivity contribution in [2.45, 2.75) is 19.8 Å². The van der Waals surface area contributed by atoms with Gasteiger partial charge in [0, 0.05) is 45.2 Å². The highest BCUT2D eigenvalue weighted by Gasteiger charge is 2.46. The zero-order valence-electron chi connectivity index (χ0n) is 14.3. The van der Waals surface area contributed by atoms with Crippen LogP contribution in [0.25, 0.3) is 0 Å². The van der Waals surface area contributed by atoms with Crippen LogP contribution in [0.5, 0.6) is 0 Å². The molecule has 0 unspecified atom stereocenters. The van der Waals surface area contributed by atoms with Crippen molar-refractivity contribution in [1.29, 1.82) is 0 Å². The van der Waals surface area contributed by atoms with Crippen molar-refractivity contribution in [3.05, 3.63) is 35.9 Å². The van der Waals surface area contributed by atoms with Crippen molar-refractivity contribution in [2.75, 3.05) is 46.3 Å². The Morgan fingerprint density at radius 2 is 1.61 bits per heavy atom. The zero-order valence-corrected chi connectivity index (χ0v) is 15.1. The monoisotopic (exact) mass is 337 g/mol. The zero-order chi connectivity index (χ0) is 16.7. The third-order valence-electron chi connectivity index (χ3n) is 5.23. The lowest BCUT2D eigenvalue weighted by Crippen LogP contribution is -2.51. The molecule has 128 valence electrons. The van der Waals surface area contributed by atoms with Crippen LogP contribution < -0.4 is 0 Å². The van der Waals surface area contributed by atoms with Gasteiger partial charge in [0.15, 0.2) is 0 Å². The van der Waals surface area contributed by atoms with Gasteiger partial charge in [-0.2, -0.15) is 17.0 Å². The molecule has 3 rings (SSSR count). The Balaban J connectivity index is 1.79. The fraction of sp³-hybridized carbons (Fsp3) is 0.647. The van der Waals surface area contributed by atoms with Crippen molar-refractivity contribution in [3.8, 4) is 0 Å². The molecule has 2 fully saturated rings.